The van der Waals surface area contributed by atoms with Gasteiger partial charge in [-0.15, -0.1) is 11.3 Å². The number of benzene rings is 6. The van der Waals surface area contributed by atoms with E-state index in [0.717, 1.165) is 50.7 Å². The van der Waals surface area contributed by atoms with E-state index in [-0.39, 0.29) is 5.41 Å². The van der Waals surface area contributed by atoms with Crippen molar-refractivity contribution in [2.75, 3.05) is 0 Å². The molecule has 5 aliphatic rings. The number of nitrogens with zero attached hydrogens (tertiary/aromatic N) is 3. The molecule has 0 unspecified atom stereocenters. The van der Waals surface area contributed by atoms with Crippen molar-refractivity contribution < 1.29 is 4.42 Å². The summed E-state index contributed by atoms with van der Waals surface area (Å²) in [5.74, 6) is 5.08. The maximum Gasteiger partial charge on any atom is 0.165 e. The minimum atomic E-state index is -0.0497. The van der Waals surface area contributed by atoms with Crippen LogP contribution in [0.4, 0.5) is 0 Å². The third-order valence-electron chi connectivity index (χ3n) is 13.7. The SMILES string of the molecule is c1ccc(-c2nc(-c3ccc4c(c3)oc3ccccc34)nc(-c3c4c(cc5c3sc3ccccc35)-c3ccccc3C43C4CC5CC(C4)CC3C5)n2)cc1. The second kappa shape index (κ2) is 10.7. The molecule has 4 fully saturated rings. The predicted molar refractivity (Wildman–Crippen MR) is 220 cm³/mol. The van der Waals surface area contributed by atoms with Gasteiger partial charge in [0.25, 0.3) is 0 Å². The maximum absolute atomic E-state index is 6.39. The zero-order valence-electron chi connectivity index (χ0n) is 29.6. The molecule has 0 radical (unpaired) electrons. The Kier molecular flexibility index (Phi) is 5.92. The molecule has 9 aromatic rings. The zero-order chi connectivity index (χ0) is 35.1. The summed E-state index contributed by atoms with van der Waals surface area (Å²) in [7, 11) is 0. The first-order valence-corrected chi connectivity index (χ1v) is 20.3. The fourth-order valence-electron chi connectivity index (χ4n) is 11.9. The summed E-state index contributed by atoms with van der Waals surface area (Å²) < 4.78 is 8.99. The van der Waals surface area contributed by atoms with E-state index in [4.69, 9.17) is 19.4 Å². The Morgan fingerprint density at radius 1 is 0.519 bits per heavy atom. The molecular weight excluding hydrogens is 679 g/mol. The lowest BCUT2D eigenvalue weighted by Crippen LogP contribution is -2.55. The van der Waals surface area contributed by atoms with Gasteiger partial charge in [-0.2, -0.15) is 0 Å². The van der Waals surface area contributed by atoms with Crippen molar-refractivity contribution in [2.24, 2.45) is 23.7 Å². The molecule has 5 heteroatoms. The first-order chi connectivity index (χ1) is 26.7. The van der Waals surface area contributed by atoms with Gasteiger partial charge in [-0.3, -0.25) is 0 Å². The van der Waals surface area contributed by atoms with Gasteiger partial charge in [0, 0.05) is 53.1 Å². The van der Waals surface area contributed by atoms with Crippen molar-refractivity contribution in [2.45, 2.75) is 37.5 Å². The quantitative estimate of drug-likeness (QED) is 0.183. The van der Waals surface area contributed by atoms with Gasteiger partial charge < -0.3 is 4.42 Å². The van der Waals surface area contributed by atoms with Crippen molar-refractivity contribution in [3.05, 3.63) is 139 Å². The summed E-state index contributed by atoms with van der Waals surface area (Å²) in [5, 5.41) is 4.82. The molecule has 4 nitrogen and oxygen atoms in total. The van der Waals surface area contributed by atoms with Crippen LogP contribution in [0.3, 0.4) is 0 Å². The van der Waals surface area contributed by atoms with E-state index in [2.05, 4.69) is 115 Å². The normalized spacial score (nSPS) is 23.6. The Balaban J connectivity index is 1.15. The number of hydrogen-bond donors (Lipinski definition) is 0. The lowest BCUT2D eigenvalue weighted by Gasteiger charge is -2.61. The Morgan fingerprint density at radius 2 is 1.19 bits per heavy atom. The van der Waals surface area contributed by atoms with Crippen molar-refractivity contribution >= 4 is 53.4 Å². The number of rotatable bonds is 3. The second-order valence-corrected chi connectivity index (χ2v) is 17.4. The lowest BCUT2D eigenvalue weighted by molar-refractivity contribution is -0.0397. The number of hydrogen-bond acceptors (Lipinski definition) is 5. The molecule has 258 valence electrons. The highest BCUT2D eigenvalue weighted by Gasteiger charge is 2.62. The summed E-state index contributed by atoms with van der Waals surface area (Å²) in [5.41, 5.74) is 10.6. The highest BCUT2D eigenvalue weighted by Crippen LogP contribution is 2.71. The van der Waals surface area contributed by atoms with E-state index >= 15 is 0 Å². The summed E-state index contributed by atoms with van der Waals surface area (Å²) in [6.45, 7) is 0. The van der Waals surface area contributed by atoms with Gasteiger partial charge in [-0.25, -0.2) is 15.0 Å². The van der Waals surface area contributed by atoms with E-state index in [1.807, 2.05) is 23.5 Å². The summed E-state index contributed by atoms with van der Waals surface area (Å²) in [6, 6.07) is 46.0. The third kappa shape index (κ3) is 3.90. The van der Waals surface area contributed by atoms with E-state index in [1.54, 1.807) is 5.56 Å². The Hall–Kier alpha value is -5.65. The van der Waals surface area contributed by atoms with Gasteiger partial charge in [-0.1, -0.05) is 97.1 Å². The zero-order valence-corrected chi connectivity index (χ0v) is 30.4. The summed E-state index contributed by atoms with van der Waals surface area (Å²) in [6.07, 6.45) is 6.70. The van der Waals surface area contributed by atoms with Crippen molar-refractivity contribution in [1.82, 2.24) is 15.0 Å². The minimum Gasteiger partial charge on any atom is -0.456 e. The molecule has 0 amide bonds. The van der Waals surface area contributed by atoms with Crippen LogP contribution in [0.15, 0.2) is 132 Å². The van der Waals surface area contributed by atoms with Gasteiger partial charge in [0.15, 0.2) is 17.5 Å². The highest BCUT2D eigenvalue weighted by molar-refractivity contribution is 7.26. The molecule has 4 saturated carbocycles. The molecule has 4 bridgehead atoms. The summed E-state index contributed by atoms with van der Waals surface area (Å²) in [4.78, 5) is 16.3. The topological polar surface area (TPSA) is 51.8 Å². The van der Waals surface area contributed by atoms with Crippen LogP contribution in [0.25, 0.3) is 87.4 Å². The number of thiophene rings is 1. The number of aromatic nitrogens is 3. The maximum atomic E-state index is 6.39. The van der Waals surface area contributed by atoms with Gasteiger partial charge in [0.05, 0.1) is 0 Å². The van der Waals surface area contributed by atoms with Gasteiger partial charge in [0.2, 0.25) is 0 Å². The van der Waals surface area contributed by atoms with E-state index in [0.29, 0.717) is 23.5 Å². The molecule has 14 rings (SSSR count). The van der Waals surface area contributed by atoms with Crippen molar-refractivity contribution in [3.8, 4) is 45.3 Å². The number of fused-ring (bicyclic) bond motifs is 9. The molecule has 5 aliphatic carbocycles. The molecule has 3 heterocycles. The first kappa shape index (κ1) is 29.8. The van der Waals surface area contributed by atoms with E-state index < -0.39 is 0 Å². The van der Waals surface area contributed by atoms with Crippen molar-refractivity contribution in [3.63, 3.8) is 0 Å². The standard InChI is InChI=1S/C49H35N3OS/c1-2-10-29(11-3-1)46-50-47(30-18-19-35-34-13-5-8-16-40(34)53-41(35)25-30)52-48(51-46)43-44-37(26-38-36-14-6-9-17-42(36)54-45(38)43)33-12-4-7-15-39(33)49(44)31-21-27-20-28(23-31)24-32(49)22-27/h1-19,25-28,31-32H,20-24H2. The van der Waals surface area contributed by atoms with Gasteiger partial charge in [0.1, 0.15) is 11.2 Å². The van der Waals surface area contributed by atoms with Crippen LogP contribution in [0.2, 0.25) is 0 Å². The van der Waals surface area contributed by atoms with Gasteiger partial charge in [-0.05, 0) is 108 Å². The van der Waals surface area contributed by atoms with Crippen LogP contribution in [0, 0.1) is 23.7 Å². The molecule has 0 saturated heterocycles. The Bertz CT molecular complexity index is 3000. The fraction of sp³-hybridized carbons (Fsp3) is 0.204. The molecule has 6 aromatic carbocycles. The smallest absolute Gasteiger partial charge is 0.165 e. The molecule has 3 aromatic heterocycles. The monoisotopic (exact) mass is 713 g/mol. The van der Waals surface area contributed by atoms with E-state index in [1.165, 1.54) is 74.5 Å². The molecule has 0 N–H and O–H groups in total. The van der Waals surface area contributed by atoms with E-state index in [9.17, 15) is 0 Å². The average molecular weight is 714 g/mol. The van der Waals surface area contributed by atoms with Crippen LogP contribution in [0.5, 0.6) is 0 Å². The minimum absolute atomic E-state index is 0.0497. The molecule has 0 atom stereocenters. The lowest BCUT2D eigenvalue weighted by atomic mass is 9.43. The first-order valence-electron chi connectivity index (χ1n) is 19.5. The largest absolute Gasteiger partial charge is 0.456 e. The fourth-order valence-corrected chi connectivity index (χ4v) is 13.1. The Morgan fingerprint density at radius 3 is 2.02 bits per heavy atom. The molecule has 0 aliphatic heterocycles. The number of para-hydroxylation sites is 1. The average Bonchev–Trinajstić information content (AvgIpc) is 3.87. The van der Waals surface area contributed by atoms with Crippen molar-refractivity contribution in [1.29, 1.82) is 0 Å². The van der Waals surface area contributed by atoms with Crippen LogP contribution >= 0.6 is 11.3 Å². The van der Waals surface area contributed by atoms with Crippen LogP contribution in [-0.4, -0.2) is 15.0 Å². The third-order valence-corrected chi connectivity index (χ3v) is 14.9. The number of furan rings is 1. The predicted octanol–water partition coefficient (Wildman–Crippen LogP) is 12.9. The Labute approximate surface area is 316 Å². The molecule has 54 heavy (non-hydrogen) atoms. The van der Waals surface area contributed by atoms with Gasteiger partial charge >= 0.3 is 0 Å². The molecular formula is C49H35N3OS. The highest BCUT2D eigenvalue weighted by atomic mass is 32.1. The molecule has 1 spiro atoms. The van der Waals surface area contributed by atoms with Crippen LogP contribution in [0.1, 0.15) is 43.2 Å². The van der Waals surface area contributed by atoms with Crippen LogP contribution < -0.4 is 0 Å². The van der Waals surface area contributed by atoms with Crippen LogP contribution in [-0.2, 0) is 5.41 Å². The second-order valence-electron chi connectivity index (χ2n) is 16.3. The summed E-state index contributed by atoms with van der Waals surface area (Å²) >= 11 is 1.90.